The molecule has 5 heteroatoms. The third kappa shape index (κ3) is 13.5. The van der Waals surface area contributed by atoms with Crippen molar-refractivity contribution < 1.29 is 23.8 Å². The molecule has 19 heavy (non-hydrogen) atoms. The van der Waals surface area contributed by atoms with Crippen LogP contribution in [0.5, 0.6) is 0 Å². The molecule has 0 rings (SSSR count). The van der Waals surface area contributed by atoms with E-state index in [1.54, 1.807) is 0 Å². The summed E-state index contributed by atoms with van der Waals surface area (Å²) in [6, 6.07) is 0. The van der Waals surface area contributed by atoms with Crippen molar-refractivity contribution in [2.24, 2.45) is 0 Å². The molecular formula is C14H26O5. The zero-order valence-electron chi connectivity index (χ0n) is 12.1. The van der Waals surface area contributed by atoms with Crippen molar-refractivity contribution in [2.45, 2.75) is 39.0 Å². The van der Waals surface area contributed by atoms with Crippen LogP contribution >= 0.6 is 0 Å². The number of rotatable bonds is 14. The van der Waals surface area contributed by atoms with Crippen molar-refractivity contribution in [3.05, 3.63) is 0 Å². The van der Waals surface area contributed by atoms with Gasteiger partial charge in [0, 0.05) is 39.6 Å². The number of Topliss-reactive ketones (excluding diaryl/α,β-unsaturated/α-hetero) is 2. The molecule has 0 spiro atoms. The number of hydrogen-bond donors (Lipinski definition) is 0. The van der Waals surface area contributed by atoms with Crippen molar-refractivity contribution in [3.8, 4) is 0 Å². The minimum Gasteiger partial charge on any atom is -0.379 e. The van der Waals surface area contributed by atoms with Gasteiger partial charge in [-0.25, -0.2) is 0 Å². The van der Waals surface area contributed by atoms with E-state index in [9.17, 15) is 9.59 Å². The Balaban J connectivity index is 3.11. The van der Waals surface area contributed by atoms with E-state index in [0.717, 1.165) is 6.42 Å². The largest absolute Gasteiger partial charge is 0.379 e. The van der Waals surface area contributed by atoms with Crippen LogP contribution in [0.1, 0.15) is 39.0 Å². The summed E-state index contributed by atoms with van der Waals surface area (Å²) in [6.07, 6.45) is 3.18. The van der Waals surface area contributed by atoms with Gasteiger partial charge in [-0.1, -0.05) is 6.92 Å². The van der Waals surface area contributed by atoms with Gasteiger partial charge in [-0.05, 0) is 12.8 Å². The van der Waals surface area contributed by atoms with Crippen LogP contribution in [0.2, 0.25) is 0 Å². The van der Waals surface area contributed by atoms with Crippen LogP contribution in [-0.2, 0) is 23.8 Å². The van der Waals surface area contributed by atoms with Crippen LogP contribution in [0, 0.1) is 0 Å². The molecule has 0 saturated heterocycles. The van der Waals surface area contributed by atoms with Crippen molar-refractivity contribution >= 4 is 11.6 Å². The van der Waals surface area contributed by atoms with E-state index in [-0.39, 0.29) is 18.2 Å². The average molecular weight is 274 g/mol. The maximum absolute atomic E-state index is 11.1. The van der Waals surface area contributed by atoms with E-state index in [0.29, 0.717) is 52.1 Å². The molecule has 0 aliphatic heterocycles. The number of carbonyl (C=O) groups excluding carboxylic acids is 2. The van der Waals surface area contributed by atoms with Gasteiger partial charge in [0.05, 0.1) is 13.2 Å². The van der Waals surface area contributed by atoms with Gasteiger partial charge in [0.1, 0.15) is 12.4 Å². The number of hydrogen-bond acceptors (Lipinski definition) is 5. The highest BCUT2D eigenvalue weighted by Crippen LogP contribution is 1.96. The SMILES string of the molecule is CCC(=O)CCCOCCOCCCC(=O)COC. The molecule has 0 aliphatic carbocycles. The predicted octanol–water partition coefficient (Wildman–Crippen LogP) is 1.77. The number of methoxy groups -OCH3 is 1. The first-order chi connectivity index (χ1) is 9.20. The second kappa shape index (κ2) is 13.6. The summed E-state index contributed by atoms with van der Waals surface area (Å²) in [4.78, 5) is 22.1. The normalized spacial score (nSPS) is 10.6. The highest BCUT2D eigenvalue weighted by atomic mass is 16.5. The van der Waals surface area contributed by atoms with Gasteiger partial charge < -0.3 is 14.2 Å². The zero-order chi connectivity index (χ0) is 14.3. The van der Waals surface area contributed by atoms with E-state index in [1.165, 1.54) is 7.11 Å². The molecule has 0 atom stereocenters. The molecule has 0 unspecified atom stereocenters. The quantitative estimate of drug-likeness (QED) is 0.452. The number of ether oxygens (including phenoxy) is 3. The van der Waals surface area contributed by atoms with Crippen LogP contribution in [0.15, 0.2) is 0 Å². The smallest absolute Gasteiger partial charge is 0.158 e. The monoisotopic (exact) mass is 274 g/mol. The van der Waals surface area contributed by atoms with Gasteiger partial charge in [-0.2, -0.15) is 0 Å². The summed E-state index contributed by atoms with van der Waals surface area (Å²) in [5.41, 5.74) is 0. The molecule has 0 aliphatic rings. The minimum absolute atomic E-state index is 0.0999. The molecule has 5 nitrogen and oxygen atoms in total. The Morgan fingerprint density at radius 1 is 0.842 bits per heavy atom. The van der Waals surface area contributed by atoms with Crippen molar-refractivity contribution in [1.82, 2.24) is 0 Å². The van der Waals surface area contributed by atoms with Gasteiger partial charge in [0.25, 0.3) is 0 Å². The van der Waals surface area contributed by atoms with Crippen molar-refractivity contribution in [3.63, 3.8) is 0 Å². The van der Waals surface area contributed by atoms with Gasteiger partial charge >= 0.3 is 0 Å². The Bertz CT molecular complexity index is 240. The molecule has 0 amide bonds. The fourth-order valence-electron chi connectivity index (χ4n) is 1.47. The Morgan fingerprint density at radius 3 is 1.84 bits per heavy atom. The molecule has 0 aromatic rings. The highest BCUT2D eigenvalue weighted by Gasteiger charge is 2.00. The summed E-state index contributed by atoms with van der Waals surface area (Å²) in [5, 5.41) is 0. The lowest BCUT2D eigenvalue weighted by atomic mass is 10.2. The second-order valence-electron chi connectivity index (χ2n) is 4.30. The first-order valence-electron chi connectivity index (χ1n) is 6.88. The van der Waals surface area contributed by atoms with Crippen LogP contribution in [-0.4, -0.2) is 51.7 Å². The Morgan fingerprint density at radius 2 is 1.37 bits per heavy atom. The van der Waals surface area contributed by atoms with Gasteiger partial charge in [0.15, 0.2) is 5.78 Å². The third-order valence-electron chi connectivity index (χ3n) is 2.56. The Kier molecular flexibility index (Phi) is 13.1. The number of carbonyl (C=O) groups is 2. The van der Waals surface area contributed by atoms with Gasteiger partial charge in [0.2, 0.25) is 0 Å². The Hall–Kier alpha value is -0.780. The summed E-state index contributed by atoms with van der Waals surface area (Å²) in [6.45, 7) is 4.27. The van der Waals surface area contributed by atoms with Crippen LogP contribution in [0.3, 0.4) is 0 Å². The summed E-state index contributed by atoms with van der Waals surface area (Å²) in [7, 11) is 1.51. The van der Waals surface area contributed by atoms with Crippen LogP contribution < -0.4 is 0 Å². The topological polar surface area (TPSA) is 61.8 Å². The average Bonchev–Trinajstić information content (AvgIpc) is 2.40. The molecule has 0 bridgehead atoms. The fourth-order valence-corrected chi connectivity index (χ4v) is 1.47. The lowest BCUT2D eigenvalue weighted by Crippen LogP contribution is -2.10. The molecule has 0 aromatic heterocycles. The number of ketones is 2. The van der Waals surface area contributed by atoms with E-state index >= 15 is 0 Å². The molecule has 0 radical (unpaired) electrons. The first kappa shape index (κ1) is 18.2. The zero-order valence-corrected chi connectivity index (χ0v) is 12.1. The van der Waals surface area contributed by atoms with E-state index in [2.05, 4.69) is 0 Å². The molecule has 0 fully saturated rings. The van der Waals surface area contributed by atoms with Gasteiger partial charge in [-0.15, -0.1) is 0 Å². The van der Waals surface area contributed by atoms with Crippen LogP contribution in [0.4, 0.5) is 0 Å². The summed E-state index contributed by atoms with van der Waals surface area (Å²) in [5.74, 6) is 0.378. The first-order valence-corrected chi connectivity index (χ1v) is 6.88. The van der Waals surface area contributed by atoms with Crippen LogP contribution in [0.25, 0.3) is 0 Å². The molecule has 0 saturated carbocycles. The standard InChI is InChI=1S/C14H26O5/c1-3-13(15)6-4-8-18-10-11-19-9-5-7-14(16)12-17-2/h3-12H2,1-2H3. The molecule has 112 valence electrons. The third-order valence-corrected chi connectivity index (χ3v) is 2.56. The van der Waals surface area contributed by atoms with Gasteiger partial charge in [-0.3, -0.25) is 9.59 Å². The van der Waals surface area contributed by atoms with E-state index < -0.39 is 0 Å². The van der Waals surface area contributed by atoms with E-state index in [1.807, 2.05) is 6.92 Å². The molecule has 0 aromatic carbocycles. The minimum atomic E-state index is 0.0999. The molecular weight excluding hydrogens is 248 g/mol. The maximum atomic E-state index is 11.1. The van der Waals surface area contributed by atoms with Crippen molar-refractivity contribution in [2.75, 3.05) is 40.1 Å². The van der Waals surface area contributed by atoms with E-state index in [4.69, 9.17) is 14.2 Å². The molecule has 0 N–H and O–H groups in total. The lowest BCUT2D eigenvalue weighted by Gasteiger charge is -2.05. The Labute approximate surface area is 115 Å². The summed E-state index contributed by atoms with van der Waals surface area (Å²) >= 11 is 0. The lowest BCUT2D eigenvalue weighted by molar-refractivity contribution is -0.123. The maximum Gasteiger partial charge on any atom is 0.158 e. The molecule has 0 heterocycles. The fraction of sp³-hybridized carbons (Fsp3) is 0.857. The van der Waals surface area contributed by atoms with Crippen molar-refractivity contribution in [1.29, 1.82) is 0 Å². The predicted molar refractivity (Wildman–Crippen MR) is 72.3 cm³/mol. The highest BCUT2D eigenvalue weighted by molar-refractivity contribution is 5.79. The second-order valence-corrected chi connectivity index (χ2v) is 4.30. The summed E-state index contributed by atoms with van der Waals surface area (Å²) < 4.78 is 15.4.